The molecule has 3 aromatic rings. The molecule has 0 bridgehead atoms. The van der Waals surface area contributed by atoms with Crippen LogP contribution < -0.4 is 4.74 Å². The zero-order valence-electron chi connectivity index (χ0n) is 15.4. The van der Waals surface area contributed by atoms with E-state index in [1.165, 1.54) is 5.56 Å². The molecule has 1 aliphatic carbocycles. The highest BCUT2D eigenvalue weighted by molar-refractivity contribution is 5.37. The lowest BCUT2D eigenvalue weighted by Crippen LogP contribution is -2.24. The predicted molar refractivity (Wildman–Crippen MR) is 103 cm³/mol. The van der Waals surface area contributed by atoms with Gasteiger partial charge < -0.3 is 4.74 Å². The van der Waals surface area contributed by atoms with E-state index in [4.69, 9.17) is 4.74 Å². The summed E-state index contributed by atoms with van der Waals surface area (Å²) in [5.41, 5.74) is 2.41. The van der Waals surface area contributed by atoms with Crippen molar-refractivity contribution in [3.63, 3.8) is 0 Å². The number of benzene rings is 2. The molecule has 134 valence electrons. The van der Waals surface area contributed by atoms with E-state index in [1.54, 1.807) is 0 Å². The second-order valence-corrected chi connectivity index (χ2v) is 7.18. The lowest BCUT2D eigenvalue weighted by atomic mass is 9.86. The smallest absolute Gasteiger partial charge is 0.140 e. The fraction of sp³-hybridized carbons (Fsp3) is 0.364. The van der Waals surface area contributed by atoms with Crippen molar-refractivity contribution in [1.29, 1.82) is 0 Å². The quantitative estimate of drug-likeness (QED) is 0.667. The fourth-order valence-electron chi connectivity index (χ4n) is 3.79. The Kier molecular flexibility index (Phi) is 4.74. The minimum Gasteiger partial charge on any atom is -0.490 e. The molecule has 0 amide bonds. The van der Waals surface area contributed by atoms with Crippen LogP contribution in [0.15, 0.2) is 54.6 Å². The van der Waals surface area contributed by atoms with Gasteiger partial charge in [-0.15, -0.1) is 10.2 Å². The largest absolute Gasteiger partial charge is 0.490 e. The highest BCUT2D eigenvalue weighted by Crippen LogP contribution is 2.35. The lowest BCUT2D eigenvalue weighted by Gasteiger charge is -2.28. The van der Waals surface area contributed by atoms with Gasteiger partial charge in [-0.05, 0) is 63.8 Å². The van der Waals surface area contributed by atoms with Gasteiger partial charge in [-0.3, -0.25) is 4.57 Å². The number of nitrogens with zero attached hydrogens (tertiary/aromatic N) is 3. The first-order valence-electron chi connectivity index (χ1n) is 9.41. The molecule has 0 N–H and O–H groups in total. The predicted octanol–water partition coefficient (Wildman–Crippen LogP) is 4.99. The molecule has 0 spiro atoms. The zero-order valence-corrected chi connectivity index (χ0v) is 15.4. The van der Waals surface area contributed by atoms with Crippen LogP contribution in [0, 0.1) is 13.8 Å². The van der Waals surface area contributed by atoms with Gasteiger partial charge in [0.25, 0.3) is 0 Å². The Labute approximate surface area is 154 Å². The molecule has 0 atom stereocenters. The van der Waals surface area contributed by atoms with E-state index in [2.05, 4.69) is 46.0 Å². The average Bonchev–Trinajstić information content (AvgIpc) is 3.05. The van der Waals surface area contributed by atoms with E-state index in [-0.39, 0.29) is 0 Å². The highest BCUT2D eigenvalue weighted by atomic mass is 16.5. The van der Waals surface area contributed by atoms with Gasteiger partial charge >= 0.3 is 0 Å². The molecule has 4 rings (SSSR count). The third-order valence-electron chi connectivity index (χ3n) is 5.23. The molecule has 0 unspecified atom stereocenters. The first-order valence-corrected chi connectivity index (χ1v) is 9.41. The van der Waals surface area contributed by atoms with Gasteiger partial charge in [0.05, 0.1) is 6.10 Å². The van der Waals surface area contributed by atoms with Gasteiger partial charge in [0.1, 0.15) is 17.4 Å². The number of hydrogen-bond acceptors (Lipinski definition) is 3. The SMILES string of the molecule is Cc1ccc(-n2c(C)nnc2C2CCC(Oc3ccccc3)CC2)cc1. The number of hydrogen-bond donors (Lipinski definition) is 0. The molecule has 4 heteroatoms. The second-order valence-electron chi connectivity index (χ2n) is 7.18. The zero-order chi connectivity index (χ0) is 17.9. The number of aromatic nitrogens is 3. The van der Waals surface area contributed by atoms with Crippen molar-refractivity contribution < 1.29 is 4.74 Å². The minimum absolute atomic E-state index is 0.297. The summed E-state index contributed by atoms with van der Waals surface area (Å²) in [6, 6.07) is 18.7. The number of aryl methyl sites for hydroxylation is 2. The summed E-state index contributed by atoms with van der Waals surface area (Å²) < 4.78 is 8.34. The maximum absolute atomic E-state index is 6.13. The Morgan fingerprint density at radius 3 is 2.23 bits per heavy atom. The van der Waals surface area contributed by atoms with Crippen molar-refractivity contribution in [2.75, 3.05) is 0 Å². The lowest BCUT2D eigenvalue weighted by molar-refractivity contribution is 0.144. The van der Waals surface area contributed by atoms with Crippen molar-refractivity contribution in [3.05, 3.63) is 71.8 Å². The van der Waals surface area contributed by atoms with Crippen LogP contribution in [-0.4, -0.2) is 20.9 Å². The second kappa shape index (κ2) is 7.32. The third-order valence-corrected chi connectivity index (χ3v) is 5.23. The van der Waals surface area contributed by atoms with Crippen molar-refractivity contribution in [1.82, 2.24) is 14.8 Å². The molecule has 1 saturated carbocycles. The van der Waals surface area contributed by atoms with Crippen molar-refractivity contribution >= 4 is 0 Å². The molecule has 1 aromatic heterocycles. The molecular weight excluding hydrogens is 322 g/mol. The molecule has 1 fully saturated rings. The third kappa shape index (κ3) is 3.50. The van der Waals surface area contributed by atoms with Crippen molar-refractivity contribution in [2.45, 2.75) is 51.6 Å². The van der Waals surface area contributed by atoms with E-state index in [0.29, 0.717) is 12.0 Å². The summed E-state index contributed by atoms with van der Waals surface area (Å²) in [5, 5.41) is 8.88. The molecule has 2 aromatic carbocycles. The van der Waals surface area contributed by atoms with Crippen molar-refractivity contribution in [3.8, 4) is 11.4 Å². The van der Waals surface area contributed by atoms with Crippen LogP contribution in [-0.2, 0) is 0 Å². The van der Waals surface area contributed by atoms with Gasteiger partial charge in [-0.2, -0.15) is 0 Å². The van der Waals surface area contributed by atoms with Gasteiger partial charge in [0.2, 0.25) is 0 Å². The van der Waals surface area contributed by atoms with Gasteiger partial charge in [-0.25, -0.2) is 0 Å². The molecule has 1 aliphatic rings. The van der Waals surface area contributed by atoms with Crippen LogP contribution >= 0.6 is 0 Å². The summed E-state index contributed by atoms with van der Waals surface area (Å²) >= 11 is 0. The summed E-state index contributed by atoms with van der Waals surface area (Å²) in [5.74, 6) is 3.44. The maximum atomic E-state index is 6.13. The van der Waals surface area contributed by atoms with Crippen LogP contribution in [0.5, 0.6) is 5.75 Å². The first-order chi connectivity index (χ1) is 12.7. The Balaban J connectivity index is 1.47. The van der Waals surface area contributed by atoms with Crippen LogP contribution in [0.1, 0.15) is 48.8 Å². The van der Waals surface area contributed by atoms with Crippen LogP contribution in [0.2, 0.25) is 0 Å². The van der Waals surface area contributed by atoms with Crippen molar-refractivity contribution in [2.24, 2.45) is 0 Å². The van der Waals surface area contributed by atoms with E-state index in [9.17, 15) is 0 Å². The average molecular weight is 347 g/mol. The molecule has 1 heterocycles. The standard InChI is InChI=1S/C22H25N3O/c1-16-8-12-19(13-9-16)25-17(2)23-24-22(25)18-10-14-21(15-11-18)26-20-6-4-3-5-7-20/h3-9,12-13,18,21H,10-11,14-15H2,1-2H3. The molecule has 0 aliphatic heterocycles. The number of ether oxygens (including phenoxy) is 1. The number of para-hydroxylation sites is 1. The first kappa shape index (κ1) is 16.8. The normalized spacial score (nSPS) is 20.1. The van der Waals surface area contributed by atoms with Gasteiger partial charge in [-0.1, -0.05) is 35.9 Å². The minimum atomic E-state index is 0.297. The Morgan fingerprint density at radius 1 is 0.846 bits per heavy atom. The summed E-state index contributed by atoms with van der Waals surface area (Å²) in [4.78, 5) is 0. The van der Waals surface area contributed by atoms with Crippen LogP contribution in [0.4, 0.5) is 0 Å². The van der Waals surface area contributed by atoms with E-state index in [1.807, 2.05) is 37.3 Å². The van der Waals surface area contributed by atoms with E-state index < -0.39 is 0 Å². The Bertz CT molecular complexity index is 847. The molecule has 0 saturated heterocycles. The van der Waals surface area contributed by atoms with Crippen LogP contribution in [0.25, 0.3) is 5.69 Å². The molecule has 4 nitrogen and oxygen atoms in total. The molecular formula is C22H25N3O. The van der Waals surface area contributed by atoms with Crippen LogP contribution in [0.3, 0.4) is 0 Å². The highest BCUT2D eigenvalue weighted by Gasteiger charge is 2.28. The monoisotopic (exact) mass is 347 g/mol. The van der Waals surface area contributed by atoms with Gasteiger partial charge in [0.15, 0.2) is 0 Å². The van der Waals surface area contributed by atoms with E-state index in [0.717, 1.165) is 48.8 Å². The maximum Gasteiger partial charge on any atom is 0.140 e. The summed E-state index contributed by atoms with van der Waals surface area (Å²) in [7, 11) is 0. The van der Waals surface area contributed by atoms with E-state index >= 15 is 0 Å². The topological polar surface area (TPSA) is 39.9 Å². The summed E-state index contributed by atoms with van der Waals surface area (Å²) in [6.45, 7) is 4.14. The fourth-order valence-corrected chi connectivity index (χ4v) is 3.79. The Hall–Kier alpha value is -2.62. The summed E-state index contributed by atoms with van der Waals surface area (Å²) in [6.07, 6.45) is 4.58. The number of rotatable bonds is 4. The molecule has 26 heavy (non-hydrogen) atoms. The van der Waals surface area contributed by atoms with Gasteiger partial charge in [0, 0.05) is 11.6 Å². The Morgan fingerprint density at radius 2 is 1.54 bits per heavy atom. The molecule has 0 radical (unpaired) electrons.